The first-order chi connectivity index (χ1) is 8.79. The van der Waals surface area contributed by atoms with Crippen LogP contribution in [0.4, 0.5) is 5.69 Å². The summed E-state index contributed by atoms with van der Waals surface area (Å²) in [5.74, 6) is 0.472. The van der Waals surface area contributed by atoms with Crippen LogP contribution in [0.2, 0.25) is 5.02 Å². The fourth-order valence-corrected chi connectivity index (χ4v) is 1.57. The maximum Gasteiger partial charge on any atom is 0.238 e. The maximum atomic E-state index is 11.7. The Morgan fingerprint density at radius 3 is 2.37 bits per heavy atom. The van der Waals surface area contributed by atoms with Gasteiger partial charge in [-0.3, -0.25) is 4.79 Å². The van der Waals surface area contributed by atoms with E-state index in [0.29, 0.717) is 17.5 Å². The highest BCUT2D eigenvalue weighted by Gasteiger charge is 2.19. The Kier molecular flexibility index (Phi) is 5.83. The lowest BCUT2D eigenvalue weighted by Crippen LogP contribution is -2.34. The lowest BCUT2D eigenvalue weighted by Gasteiger charge is -2.27. The first-order valence-electron chi connectivity index (χ1n) is 6.55. The number of anilines is 1. The lowest BCUT2D eigenvalue weighted by molar-refractivity contribution is -0.115. The number of carbonyl (C=O) groups excluding carboxylic acids is 1. The molecule has 106 valence electrons. The van der Waals surface area contributed by atoms with Gasteiger partial charge < -0.3 is 10.6 Å². The van der Waals surface area contributed by atoms with Crippen molar-refractivity contribution in [3.8, 4) is 0 Å². The van der Waals surface area contributed by atoms with E-state index in [2.05, 4.69) is 38.3 Å². The van der Waals surface area contributed by atoms with Gasteiger partial charge in [-0.25, -0.2) is 0 Å². The smallest absolute Gasteiger partial charge is 0.238 e. The predicted molar refractivity (Wildman–Crippen MR) is 81.6 cm³/mol. The van der Waals surface area contributed by atoms with Crippen LogP contribution in [0.15, 0.2) is 24.3 Å². The van der Waals surface area contributed by atoms with E-state index in [1.807, 2.05) is 0 Å². The van der Waals surface area contributed by atoms with Crippen LogP contribution in [-0.2, 0) is 4.79 Å². The van der Waals surface area contributed by atoms with Crippen LogP contribution >= 0.6 is 11.6 Å². The lowest BCUT2D eigenvalue weighted by atomic mass is 9.82. The number of hydrogen-bond acceptors (Lipinski definition) is 2. The predicted octanol–water partition coefficient (Wildman–Crippen LogP) is 3.55. The summed E-state index contributed by atoms with van der Waals surface area (Å²) >= 11 is 5.78. The first kappa shape index (κ1) is 16.0. The molecule has 0 aliphatic rings. The molecule has 0 radical (unpaired) electrons. The van der Waals surface area contributed by atoms with Gasteiger partial charge in [0.05, 0.1) is 6.54 Å². The topological polar surface area (TPSA) is 41.1 Å². The standard InChI is InChI=1S/C15H23ClN2O/c1-11(15(2,3)4)9-17-10-14(19)18-13-7-5-12(16)6-8-13/h5-8,11,17H,9-10H2,1-4H3,(H,18,19). The van der Waals surface area contributed by atoms with Crippen molar-refractivity contribution in [2.45, 2.75) is 27.7 Å². The zero-order valence-corrected chi connectivity index (χ0v) is 12.8. The molecule has 0 aliphatic carbocycles. The molecule has 0 heterocycles. The van der Waals surface area contributed by atoms with E-state index in [1.54, 1.807) is 24.3 Å². The van der Waals surface area contributed by atoms with E-state index in [1.165, 1.54) is 0 Å². The molecule has 3 nitrogen and oxygen atoms in total. The van der Waals surface area contributed by atoms with Crippen molar-refractivity contribution in [3.63, 3.8) is 0 Å². The summed E-state index contributed by atoms with van der Waals surface area (Å²) in [4.78, 5) is 11.7. The Morgan fingerprint density at radius 2 is 1.84 bits per heavy atom. The molecule has 1 aromatic rings. The van der Waals surface area contributed by atoms with Gasteiger partial charge in [0.2, 0.25) is 5.91 Å². The summed E-state index contributed by atoms with van der Waals surface area (Å²) in [7, 11) is 0. The number of nitrogens with one attached hydrogen (secondary N) is 2. The number of benzene rings is 1. The van der Waals surface area contributed by atoms with Crippen LogP contribution in [0.1, 0.15) is 27.7 Å². The highest BCUT2D eigenvalue weighted by atomic mass is 35.5. The van der Waals surface area contributed by atoms with E-state index >= 15 is 0 Å². The number of rotatable bonds is 5. The second-order valence-electron chi connectivity index (χ2n) is 5.95. The molecule has 19 heavy (non-hydrogen) atoms. The summed E-state index contributed by atoms with van der Waals surface area (Å²) in [6.07, 6.45) is 0. The Bertz CT molecular complexity index is 409. The zero-order chi connectivity index (χ0) is 14.5. The van der Waals surface area contributed by atoms with Crippen LogP contribution in [0.5, 0.6) is 0 Å². The molecule has 0 saturated heterocycles. The van der Waals surface area contributed by atoms with Crippen molar-refractivity contribution in [2.75, 3.05) is 18.4 Å². The van der Waals surface area contributed by atoms with Crippen LogP contribution < -0.4 is 10.6 Å². The minimum atomic E-state index is -0.0385. The average Bonchev–Trinajstić information content (AvgIpc) is 2.31. The Hall–Kier alpha value is -1.06. The second-order valence-corrected chi connectivity index (χ2v) is 6.39. The van der Waals surface area contributed by atoms with Gasteiger partial charge in [-0.1, -0.05) is 39.3 Å². The molecule has 1 amide bonds. The van der Waals surface area contributed by atoms with E-state index in [9.17, 15) is 4.79 Å². The summed E-state index contributed by atoms with van der Waals surface area (Å²) in [5.41, 5.74) is 1.01. The van der Waals surface area contributed by atoms with E-state index < -0.39 is 0 Å². The van der Waals surface area contributed by atoms with Crippen molar-refractivity contribution in [3.05, 3.63) is 29.3 Å². The summed E-state index contributed by atoms with van der Waals surface area (Å²) in [5, 5.41) is 6.67. The maximum absolute atomic E-state index is 11.7. The Balaban J connectivity index is 2.31. The van der Waals surface area contributed by atoms with Crippen molar-refractivity contribution >= 4 is 23.2 Å². The minimum Gasteiger partial charge on any atom is -0.325 e. The molecule has 4 heteroatoms. The molecular weight excluding hydrogens is 260 g/mol. The van der Waals surface area contributed by atoms with Crippen molar-refractivity contribution in [2.24, 2.45) is 11.3 Å². The van der Waals surface area contributed by atoms with Crippen molar-refractivity contribution < 1.29 is 4.79 Å². The molecule has 1 atom stereocenters. The largest absolute Gasteiger partial charge is 0.325 e. The number of amides is 1. The van der Waals surface area contributed by atoms with Gasteiger partial charge in [-0.2, -0.15) is 0 Å². The zero-order valence-electron chi connectivity index (χ0n) is 12.1. The van der Waals surface area contributed by atoms with Crippen LogP contribution in [0, 0.1) is 11.3 Å². The van der Waals surface area contributed by atoms with Crippen molar-refractivity contribution in [1.82, 2.24) is 5.32 Å². The van der Waals surface area contributed by atoms with Gasteiger partial charge in [-0.05, 0) is 42.1 Å². The van der Waals surface area contributed by atoms with Gasteiger partial charge in [0.25, 0.3) is 0 Å². The van der Waals surface area contributed by atoms with E-state index in [4.69, 9.17) is 11.6 Å². The average molecular weight is 283 g/mol. The van der Waals surface area contributed by atoms with Gasteiger partial charge in [0, 0.05) is 10.7 Å². The normalized spacial score (nSPS) is 13.1. The summed E-state index contributed by atoms with van der Waals surface area (Å²) in [6.45, 7) is 9.94. The monoisotopic (exact) mass is 282 g/mol. The van der Waals surface area contributed by atoms with Gasteiger partial charge in [0.15, 0.2) is 0 Å². The minimum absolute atomic E-state index is 0.0385. The highest BCUT2D eigenvalue weighted by Crippen LogP contribution is 2.24. The molecule has 0 aromatic heterocycles. The third-order valence-electron chi connectivity index (χ3n) is 3.34. The molecule has 0 saturated carbocycles. The fraction of sp³-hybridized carbons (Fsp3) is 0.533. The summed E-state index contributed by atoms with van der Waals surface area (Å²) in [6, 6.07) is 7.09. The number of halogens is 1. The molecule has 1 unspecified atom stereocenters. The molecule has 0 fully saturated rings. The van der Waals surface area contributed by atoms with E-state index in [0.717, 1.165) is 12.2 Å². The van der Waals surface area contributed by atoms with Gasteiger partial charge in [-0.15, -0.1) is 0 Å². The number of carbonyl (C=O) groups is 1. The van der Waals surface area contributed by atoms with Crippen LogP contribution in [0.3, 0.4) is 0 Å². The SMILES string of the molecule is CC(CNCC(=O)Nc1ccc(Cl)cc1)C(C)(C)C. The van der Waals surface area contributed by atoms with Gasteiger partial charge in [0.1, 0.15) is 0 Å². The summed E-state index contributed by atoms with van der Waals surface area (Å²) < 4.78 is 0. The quantitative estimate of drug-likeness (QED) is 0.867. The van der Waals surface area contributed by atoms with Crippen molar-refractivity contribution in [1.29, 1.82) is 0 Å². The Labute approximate surface area is 120 Å². The fourth-order valence-electron chi connectivity index (χ4n) is 1.45. The molecular formula is C15H23ClN2O. The second kappa shape index (κ2) is 6.92. The number of hydrogen-bond donors (Lipinski definition) is 2. The molecule has 1 aromatic carbocycles. The third kappa shape index (κ3) is 6.08. The molecule has 2 N–H and O–H groups in total. The first-order valence-corrected chi connectivity index (χ1v) is 6.93. The van der Waals surface area contributed by atoms with Gasteiger partial charge >= 0.3 is 0 Å². The molecule has 0 bridgehead atoms. The Morgan fingerprint density at radius 1 is 1.26 bits per heavy atom. The van der Waals surface area contributed by atoms with Crippen LogP contribution in [-0.4, -0.2) is 19.0 Å². The van der Waals surface area contributed by atoms with Crippen LogP contribution in [0.25, 0.3) is 0 Å². The molecule has 0 spiro atoms. The van der Waals surface area contributed by atoms with E-state index in [-0.39, 0.29) is 11.3 Å². The highest BCUT2D eigenvalue weighted by molar-refractivity contribution is 6.30. The molecule has 1 rings (SSSR count). The third-order valence-corrected chi connectivity index (χ3v) is 3.59. The molecule has 0 aliphatic heterocycles.